The van der Waals surface area contributed by atoms with Crippen molar-refractivity contribution >= 4 is 23.3 Å². The minimum Gasteiger partial charge on any atom is -0.508 e. The van der Waals surface area contributed by atoms with E-state index in [1.807, 2.05) is 65.0 Å². The number of hydrogen-bond donors (Lipinski definition) is 4. The van der Waals surface area contributed by atoms with Gasteiger partial charge < -0.3 is 44.0 Å². The first-order valence-corrected chi connectivity index (χ1v) is 22.8. The number of ether oxygens (including phenoxy) is 2. The van der Waals surface area contributed by atoms with Crippen molar-refractivity contribution in [1.29, 1.82) is 0 Å². The molecule has 0 radical (unpaired) electrons. The summed E-state index contributed by atoms with van der Waals surface area (Å²) in [7, 11) is 3.18. The summed E-state index contributed by atoms with van der Waals surface area (Å²) in [4.78, 5) is 62.5. The highest BCUT2D eigenvalue weighted by atomic mass is 16.6. The topological polar surface area (TPSA) is 209 Å². The molecular formula is C50H60N8O9. The summed E-state index contributed by atoms with van der Waals surface area (Å²) >= 11 is 0. The Balaban J connectivity index is 0.00000329. The zero-order valence-corrected chi connectivity index (χ0v) is 39.2. The van der Waals surface area contributed by atoms with Gasteiger partial charge in [-0.3, -0.25) is 9.69 Å². The second-order valence-corrected chi connectivity index (χ2v) is 17.0. The second-order valence-electron chi connectivity index (χ2n) is 17.0. The third kappa shape index (κ3) is 9.91. The number of piperazine rings is 1. The second kappa shape index (κ2) is 20.9. The molecule has 0 saturated carbocycles. The van der Waals surface area contributed by atoms with Crippen molar-refractivity contribution in [2.24, 2.45) is 0 Å². The number of aromatic amines is 1. The molecule has 1 amide bonds. The van der Waals surface area contributed by atoms with E-state index in [-0.39, 0.29) is 53.1 Å². The van der Waals surface area contributed by atoms with Crippen LogP contribution < -0.4 is 16.0 Å². The number of amides is 1. The van der Waals surface area contributed by atoms with Gasteiger partial charge in [-0.05, 0) is 84.5 Å². The fourth-order valence-electron chi connectivity index (χ4n) is 8.98. The average molecular weight is 917 g/mol. The number of pyridine rings is 2. The highest BCUT2D eigenvalue weighted by Gasteiger charge is 2.30. The number of rotatable bonds is 15. The number of aryl methyl sites for hydroxylation is 1. The van der Waals surface area contributed by atoms with E-state index < -0.39 is 17.9 Å². The van der Waals surface area contributed by atoms with Gasteiger partial charge in [-0.15, -0.1) is 0 Å². The molecule has 2 aliphatic rings. The highest BCUT2D eigenvalue weighted by Crippen LogP contribution is 2.39. The minimum atomic E-state index is -1.47. The summed E-state index contributed by atoms with van der Waals surface area (Å²) in [5.74, 6) is 0.443. The third-order valence-corrected chi connectivity index (χ3v) is 12.5. The molecule has 0 bridgehead atoms. The van der Waals surface area contributed by atoms with E-state index in [0.29, 0.717) is 58.7 Å². The van der Waals surface area contributed by atoms with E-state index in [4.69, 9.17) is 14.5 Å². The predicted octanol–water partition coefficient (Wildman–Crippen LogP) is 6.11. The van der Waals surface area contributed by atoms with Crippen molar-refractivity contribution < 1.29 is 34.4 Å². The Morgan fingerprint density at radius 3 is 2.33 bits per heavy atom. The Bertz CT molecular complexity index is 2880. The molecule has 3 aromatic heterocycles. The number of nitrogens with zero attached hydrogens (tertiary/aromatic N) is 7. The largest absolute Gasteiger partial charge is 0.508 e. The van der Waals surface area contributed by atoms with Gasteiger partial charge in [-0.25, -0.2) is 24.2 Å². The molecule has 17 nitrogen and oxygen atoms in total. The summed E-state index contributed by atoms with van der Waals surface area (Å²) in [5, 5.41) is 38.9. The van der Waals surface area contributed by atoms with Gasteiger partial charge in [0.2, 0.25) is 0 Å². The monoisotopic (exact) mass is 916 g/mol. The van der Waals surface area contributed by atoms with Crippen LogP contribution in [0.1, 0.15) is 86.4 Å². The molecule has 8 rings (SSSR count). The number of carbonyl (C=O) groups is 2. The van der Waals surface area contributed by atoms with Gasteiger partial charge in [0.25, 0.3) is 5.56 Å². The van der Waals surface area contributed by atoms with Gasteiger partial charge in [0.05, 0.1) is 41.3 Å². The van der Waals surface area contributed by atoms with Crippen molar-refractivity contribution in [2.45, 2.75) is 79.2 Å². The number of aldehydes is 1. The summed E-state index contributed by atoms with van der Waals surface area (Å²) in [6.07, 6.45) is -0.143. The molecule has 354 valence electrons. The summed E-state index contributed by atoms with van der Waals surface area (Å²) in [6.45, 7) is 15.7. The van der Waals surface area contributed by atoms with Crippen molar-refractivity contribution in [3.63, 3.8) is 0 Å². The first-order chi connectivity index (χ1) is 32.3. The van der Waals surface area contributed by atoms with Crippen LogP contribution in [0, 0.1) is 0 Å². The van der Waals surface area contributed by atoms with Gasteiger partial charge >= 0.3 is 11.8 Å². The normalized spacial score (nSPS) is 14.1. The number of nitrogens with one attached hydrogen (secondary N) is 1. The van der Waals surface area contributed by atoms with Crippen LogP contribution in [0.4, 0.5) is 4.79 Å². The first-order valence-electron chi connectivity index (χ1n) is 22.8. The Kier molecular flexibility index (Phi) is 15.0. The molecule has 5 heterocycles. The molecule has 3 aromatic carbocycles. The fourth-order valence-corrected chi connectivity index (χ4v) is 8.98. The van der Waals surface area contributed by atoms with Gasteiger partial charge in [-0.1, -0.05) is 46.8 Å². The maximum Gasteiger partial charge on any atom is 0.414 e. The van der Waals surface area contributed by atoms with E-state index in [2.05, 4.69) is 20.0 Å². The Labute approximate surface area is 388 Å². The van der Waals surface area contributed by atoms with Crippen molar-refractivity contribution in [3.05, 3.63) is 115 Å². The number of aromatic nitrogens is 5. The first kappa shape index (κ1) is 48.3. The van der Waals surface area contributed by atoms with E-state index in [1.165, 1.54) is 17.7 Å². The molecule has 2 aliphatic heterocycles. The van der Waals surface area contributed by atoms with Gasteiger partial charge in [0.15, 0.2) is 12.1 Å². The standard InChI is InChI=1S/C48H54N8O9.C2H6/c1-6-32-34-20-31(12-13-39(34)49-44-37(32)25-55-40(44)22-35(43(60)26-57)38(27-64-5)46(55)61)65-48(63)52(4)14-7-15-53-16-18-54(19-17-53)24-29-8-10-30(11-9-29)56-45(50-51-47(56)62)36-21-33(28(2)3)41(58)23-42(36)59;1-2/h8-13,20-23,26,28,43,58-60H,6-7,14-19,24-25,27H2,1-5H3,(H,51,62);1-2H3. The van der Waals surface area contributed by atoms with E-state index in [9.17, 15) is 34.5 Å². The fraction of sp³-hybridized carbons (Fsp3) is 0.400. The molecule has 17 heteroatoms. The number of phenolic OH excluding ortho intramolecular Hbond substituents is 2. The van der Waals surface area contributed by atoms with Crippen LogP contribution in [-0.4, -0.2) is 120 Å². The van der Waals surface area contributed by atoms with Crippen LogP contribution in [0.3, 0.4) is 0 Å². The zero-order valence-electron chi connectivity index (χ0n) is 39.2. The zero-order chi connectivity index (χ0) is 48.1. The highest BCUT2D eigenvalue weighted by molar-refractivity contribution is 5.89. The Morgan fingerprint density at radius 2 is 1.66 bits per heavy atom. The number of H-pyrrole nitrogens is 1. The molecule has 67 heavy (non-hydrogen) atoms. The molecule has 1 unspecified atom stereocenters. The van der Waals surface area contributed by atoms with Crippen molar-refractivity contribution in [2.75, 3.05) is 53.4 Å². The maximum atomic E-state index is 13.6. The lowest BCUT2D eigenvalue weighted by Crippen LogP contribution is -2.46. The lowest BCUT2D eigenvalue weighted by Gasteiger charge is -2.35. The summed E-state index contributed by atoms with van der Waals surface area (Å²) in [6, 6.07) is 17.6. The maximum absolute atomic E-state index is 13.6. The average Bonchev–Trinajstić information content (AvgIpc) is 3.90. The Hall–Kier alpha value is -6.66. The molecule has 1 fully saturated rings. The van der Waals surface area contributed by atoms with Crippen LogP contribution >= 0.6 is 0 Å². The quantitative estimate of drug-likeness (QED) is 0.0858. The van der Waals surface area contributed by atoms with Gasteiger partial charge in [-0.2, -0.15) is 5.10 Å². The lowest BCUT2D eigenvalue weighted by molar-refractivity contribution is -0.115. The molecule has 0 aliphatic carbocycles. The van der Waals surface area contributed by atoms with Crippen LogP contribution in [0.2, 0.25) is 0 Å². The number of phenols is 2. The van der Waals surface area contributed by atoms with Crippen LogP contribution in [0.25, 0.3) is 39.4 Å². The number of aliphatic hydroxyl groups excluding tert-OH is 1. The van der Waals surface area contributed by atoms with Crippen LogP contribution in [0.15, 0.2) is 70.3 Å². The Morgan fingerprint density at radius 1 is 0.940 bits per heavy atom. The van der Waals surface area contributed by atoms with E-state index >= 15 is 0 Å². The SMILES string of the molecule is CC.CCc1c2c(nc3ccc(OC(=O)N(C)CCCN4CCN(Cc5ccc(-n6c(-c7cc(C(C)C)c(O)cc7O)n[nH]c6=O)cc5)CC4)cc13)-c1cc(C(O)C=O)c(COC)c(=O)n1C2. The van der Waals surface area contributed by atoms with Gasteiger partial charge in [0.1, 0.15) is 23.4 Å². The number of methoxy groups -OCH3 is 1. The minimum absolute atomic E-state index is 0.00643. The van der Waals surface area contributed by atoms with Crippen molar-refractivity contribution in [3.8, 4) is 45.7 Å². The number of fused-ring (bicyclic) bond motifs is 4. The van der Waals surface area contributed by atoms with Crippen molar-refractivity contribution in [1.82, 2.24) is 39.0 Å². The predicted molar refractivity (Wildman–Crippen MR) is 255 cm³/mol. The number of benzene rings is 3. The van der Waals surface area contributed by atoms with Gasteiger partial charge in [0, 0.05) is 81.6 Å². The van der Waals surface area contributed by atoms with Crippen LogP contribution in [-0.2, 0) is 35.6 Å². The number of carbonyl (C=O) groups excluding carboxylic acids is 2. The lowest BCUT2D eigenvalue weighted by atomic mass is 9.98. The smallest absolute Gasteiger partial charge is 0.414 e. The molecule has 4 N–H and O–H groups in total. The van der Waals surface area contributed by atoms with Crippen LogP contribution in [0.5, 0.6) is 17.2 Å². The third-order valence-electron chi connectivity index (χ3n) is 12.5. The number of hydrogen-bond acceptors (Lipinski definition) is 13. The summed E-state index contributed by atoms with van der Waals surface area (Å²) in [5.41, 5.74) is 5.96. The van der Waals surface area contributed by atoms with E-state index in [0.717, 1.165) is 67.8 Å². The molecule has 1 atom stereocenters. The molecule has 6 aromatic rings. The molecular weight excluding hydrogens is 857 g/mol. The number of aromatic hydroxyl groups is 2. The molecule has 0 spiro atoms. The summed E-state index contributed by atoms with van der Waals surface area (Å²) < 4.78 is 14.1. The van der Waals surface area contributed by atoms with E-state index in [1.54, 1.807) is 40.8 Å². The number of aliphatic hydroxyl groups is 1. The molecule has 1 saturated heterocycles.